The van der Waals surface area contributed by atoms with E-state index in [1.807, 2.05) is 0 Å². The molecule has 0 aromatic heterocycles. The van der Waals surface area contributed by atoms with Gasteiger partial charge in [0, 0.05) is 31.7 Å². The summed E-state index contributed by atoms with van der Waals surface area (Å²) in [5.41, 5.74) is 0. The molecule has 1 atom stereocenters. The third-order valence-corrected chi connectivity index (χ3v) is 5.32. The Morgan fingerprint density at radius 3 is 2.53 bits per heavy atom. The van der Waals surface area contributed by atoms with Gasteiger partial charge in [-0.05, 0) is 37.5 Å². The van der Waals surface area contributed by atoms with Gasteiger partial charge in [0.25, 0.3) is 0 Å². The second kappa shape index (κ2) is 5.27. The maximum atomic E-state index is 3.79. The highest BCUT2D eigenvalue weighted by Crippen LogP contribution is 2.33. The molecule has 2 heteroatoms. The van der Waals surface area contributed by atoms with Crippen LogP contribution >= 0.6 is 0 Å². The fourth-order valence-corrected chi connectivity index (χ4v) is 4.14. The van der Waals surface area contributed by atoms with Crippen LogP contribution in [0.5, 0.6) is 0 Å². The number of hydrogen-bond acceptors (Lipinski definition) is 2. The Balaban J connectivity index is 1.52. The van der Waals surface area contributed by atoms with E-state index in [9.17, 15) is 0 Å². The summed E-state index contributed by atoms with van der Waals surface area (Å²) in [4.78, 5) is 2.79. The fourth-order valence-electron chi connectivity index (χ4n) is 4.14. The maximum Gasteiger partial charge on any atom is 0.0223 e. The van der Waals surface area contributed by atoms with Crippen molar-refractivity contribution < 1.29 is 0 Å². The van der Waals surface area contributed by atoms with Crippen molar-refractivity contribution in [2.45, 2.75) is 64.0 Å². The number of piperazine rings is 1. The summed E-state index contributed by atoms with van der Waals surface area (Å²) in [6, 6.07) is 1.73. The first kappa shape index (κ1) is 12.0. The first-order valence-electron chi connectivity index (χ1n) is 7.80. The highest BCUT2D eigenvalue weighted by molar-refractivity contribution is 4.92. The number of rotatable bonds is 2. The van der Waals surface area contributed by atoms with E-state index in [0.29, 0.717) is 0 Å². The van der Waals surface area contributed by atoms with Crippen LogP contribution in [0.2, 0.25) is 0 Å². The van der Waals surface area contributed by atoms with E-state index in [-0.39, 0.29) is 0 Å². The molecule has 0 bridgehead atoms. The van der Waals surface area contributed by atoms with Gasteiger partial charge in [-0.3, -0.25) is 4.90 Å². The molecule has 1 heterocycles. The molecule has 2 aliphatic carbocycles. The Morgan fingerprint density at radius 1 is 1.06 bits per heavy atom. The van der Waals surface area contributed by atoms with Crippen molar-refractivity contribution in [2.24, 2.45) is 11.8 Å². The predicted octanol–water partition coefficient (Wildman–Crippen LogP) is 2.64. The normalized spacial score (nSPS) is 41.1. The summed E-state index contributed by atoms with van der Waals surface area (Å²) in [6.45, 7) is 6.26. The Bertz CT molecular complexity index is 241. The molecular weight excluding hydrogens is 208 g/mol. The van der Waals surface area contributed by atoms with E-state index in [2.05, 4.69) is 17.1 Å². The zero-order chi connectivity index (χ0) is 11.7. The second-order valence-electron chi connectivity index (χ2n) is 6.68. The van der Waals surface area contributed by atoms with Gasteiger partial charge in [0.1, 0.15) is 0 Å². The Morgan fingerprint density at radius 2 is 1.82 bits per heavy atom. The van der Waals surface area contributed by atoms with Crippen LogP contribution in [0.4, 0.5) is 0 Å². The topological polar surface area (TPSA) is 15.3 Å². The van der Waals surface area contributed by atoms with Gasteiger partial charge >= 0.3 is 0 Å². The summed E-state index contributed by atoms with van der Waals surface area (Å²) in [5, 5.41) is 3.79. The monoisotopic (exact) mass is 236 g/mol. The molecule has 2 saturated carbocycles. The molecule has 0 spiro atoms. The van der Waals surface area contributed by atoms with Crippen LogP contribution in [0.25, 0.3) is 0 Å². The number of hydrogen-bond donors (Lipinski definition) is 1. The Kier molecular flexibility index (Phi) is 3.72. The summed E-state index contributed by atoms with van der Waals surface area (Å²) in [6.07, 6.45) is 10.3. The van der Waals surface area contributed by atoms with Gasteiger partial charge in [-0.1, -0.05) is 26.2 Å². The molecule has 0 amide bonds. The molecule has 1 unspecified atom stereocenters. The zero-order valence-corrected chi connectivity index (χ0v) is 11.3. The lowest BCUT2D eigenvalue weighted by Gasteiger charge is -2.47. The van der Waals surface area contributed by atoms with E-state index in [1.54, 1.807) is 0 Å². The van der Waals surface area contributed by atoms with E-state index in [4.69, 9.17) is 0 Å². The average Bonchev–Trinajstić information content (AvgIpc) is 2.36. The minimum Gasteiger partial charge on any atom is -0.311 e. The van der Waals surface area contributed by atoms with Crippen molar-refractivity contribution in [1.82, 2.24) is 10.2 Å². The molecule has 17 heavy (non-hydrogen) atoms. The smallest absolute Gasteiger partial charge is 0.0223 e. The average molecular weight is 236 g/mol. The minimum absolute atomic E-state index is 0.806. The van der Waals surface area contributed by atoms with E-state index in [0.717, 1.165) is 23.9 Å². The predicted molar refractivity (Wildman–Crippen MR) is 72.1 cm³/mol. The summed E-state index contributed by atoms with van der Waals surface area (Å²) in [5.74, 6) is 1.96. The molecule has 3 fully saturated rings. The molecular formula is C15H28N2. The molecule has 3 rings (SSSR count). The molecule has 0 aromatic carbocycles. The highest BCUT2D eigenvalue weighted by Gasteiger charge is 2.35. The standard InChI is InChI=1S/C15H28N2/c1-12-9-14(10-12)17-8-7-16-15(11-17)13-5-3-2-4-6-13/h12-16H,2-11H2,1H3. The van der Waals surface area contributed by atoms with Gasteiger partial charge in [-0.15, -0.1) is 0 Å². The van der Waals surface area contributed by atoms with Crippen molar-refractivity contribution in [2.75, 3.05) is 19.6 Å². The quantitative estimate of drug-likeness (QED) is 0.793. The Hall–Kier alpha value is -0.0800. The minimum atomic E-state index is 0.806. The third-order valence-electron chi connectivity index (χ3n) is 5.32. The van der Waals surface area contributed by atoms with Crippen molar-refractivity contribution in [3.63, 3.8) is 0 Å². The molecule has 1 aliphatic heterocycles. The first-order chi connectivity index (χ1) is 8.33. The third kappa shape index (κ3) is 2.68. The fraction of sp³-hybridized carbons (Fsp3) is 1.00. The maximum absolute atomic E-state index is 3.79. The van der Waals surface area contributed by atoms with Gasteiger partial charge in [-0.2, -0.15) is 0 Å². The summed E-state index contributed by atoms with van der Waals surface area (Å²) >= 11 is 0. The van der Waals surface area contributed by atoms with Crippen LogP contribution in [-0.2, 0) is 0 Å². The van der Waals surface area contributed by atoms with Gasteiger partial charge in [0.05, 0.1) is 0 Å². The van der Waals surface area contributed by atoms with Crippen LogP contribution in [-0.4, -0.2) is 36.6 Å². The molecule has 3 aliphatic rings. The second-order valence-corrected chi connectivity index (χ2v) is 6.68. The van der Waals surface area contributed by atoms with Gasteiger partial charge in [0.2, 0.25) is 0 Å². The van der Waals surface area contributed by atoms with Crippen LogP contribution in [0, 0.1) is 11.8 Å². The van der Waals surface area contributed by atoms with E-state index >= 15 is 0 Å². The van der Waals surface area contributed by atoms with Gasteiger partial charge < -0.3 is 5.32 Å². The Labute approximate surface area is 106 Å². The summed E-state index contributed by atoms with van der Waals surface area (Å²) in [7, 11) is 0. The van der Waals surface area contributed by atoms with Crippen molar-refractivity contribution in [3.05, 3.63) is 0 Å². The lowest BCUT2D eigenvalue weighted by atomic mass is 9.79. The van der Waals surface area contributed by atoms with Crippen LogP contribution in [0.1, 0.15) is 51.9 Å². The lowest BCUT2D eigenvalue weighted by Crippen LogP contribution is -2.58. The van der Waals surface area contributed by atoms with Crippen LogP contribution in [0.15, 0.2) is 0 Å². The van der Waals surface area contributed by atoms with E-state index in [1.165, 1.54) is 64.6 Å². The van der Waals surface area contributed by atoms with Crippen molar-refractivity contribution >= 4 is 0 Å². The summed E-state index contributed by atoms with van der Waals surface area (Å²) < 4.78 is 0. The van der Waals surface area contributed by atoms with Crippen LogP contribution in [0.3, 0.4) is 0 Å². The molecule has 0 aromatic rings. The van der Waals surface area contributed by atoms with Gasteiger partial charge in [0.15, 0.2) is 0 Å². The van der Waals surface area contributed by atoms with Crippen molar-refractivity contribution in [1.29, 1.82) is 0 Å². The zero-order valence-electron chi connectivity index (χ0n) is 11.3. The molecule has 1 N–H and O–H groups in total. The van der Waals surface area contributed by atoms with Crippen LogP contribution < -0.4 is 5.32 Å². The van der Waals surface area contributed by atoms with Gasteiger partial charge in [-0.25, -0.2) is 0 Å². The van der Waals surface area contributed by atoms with E-state index < -0.39 is 0 Å². The lowest BCUT2D eigenvalue weighted by molar-refractivity contribution is 0.0449. The molecule has 0 radical (unpaired) electrons. The van der Waals surface area contributed by atoms with Crippen molar-refractivity contribution in [3.8, 4) is 0 Å². The first-order valence-corrected chi connectivity index (χ1v) is 7.80. The molecule has 98 valence electrons. The number of nitrogens with zero attached hydrogens (tertiary/aromatic N) is 1. The highest BCUT2D eigenvalue weighted by atomic mass is 15.2. The molecule has 2 nitrogen and oxygen atoms in total. The largest absolute Gasteiger partial charge is 0.311 e. The SMILES string of the molecule is CC1CC(N2CCNC(C3CCCCC3)C2)C1. The molecule has 1 saturated heterocycles. The number of nitrogens with one attached hydrogen (secondary N) is 1.